The highest BCUT2D eigenvalue weighted by molar-refractivity contribution is 7.89. The molecule has 1 aliphatic rings. The van der Waals surface area contributed by atoms with Crippen molar-refractivity contribution in [2.45, 2.75) is 32.4 Å². The lowest BCUT2D eigenvalue weighted by Gasteiger charge is -2.36. The molecule has 1 N–H and O–H groups in total. The number of nitrogens with zero attached hydrogens (tertiary/aromatic N) is 2. The highest BCUT2D eigenvalue weighted by atomic mass is 32.2. The van der Waals surface area contributed by atoms with Crippen LogP contribution in [-0.4, -0.2) is 46.3 Å². The molecule has 0 saturated carbocycles. The Hall–Kier alpha value is -1.89. The molecule has 0 fully saturated rings. The third-order valence-electron chi connectivity index (χ3n) is 5.36. The quantitative estimate of drug-likeness (QED) is 0.738. The first-order valence-corrected chi connectivity index (χ1v) is 11.6. The molecule has 5 nitrogen and oxygen atoms in total. The molecule has 0 radical (unpaired) electrons. The fourth-order valence-electron chi connectivity index (χ4n) is 3.78. The van der Waals surface area contributed by atoms with Gasteiger partial charge in [-0.2, -0.15) is 0 Å². The minimum absolute atomic E-state index is 0.0104. The summed E-state index contributed by atoms with van der Waals surface area (Å²) in [4.78, 5) is 4.46. The maximum absolute atomic E-state index is 12.3. The summed E-state index contributed by atoms with van der Waals surface area (Å²) in [5, 5.41) is 0. The van der Waals surface area contributed by atoms with E-state index in [9.17, 15) is 8.42 Å². The number of sulfonamides is 1. The van der Waals surface area contributed by atoms with Crippen LogP contribution in [-0.2, 0) is 23.0 Å². The van der Waals surface area contributed by atoms with Crippen LogP contribution in [0.3, 0.4) is 0 Å². The molecular weight excluding hydrogens is 370 g/mol. The average molecular weight is 402 g/mol. The van der Waals surface area contributed by atoms with Gasteiger partial charge in [0.05, 0.1) is 5.75 Å². The summed E-state index contributed by atoms with van der Waals surface area (Å²) < 4.78 is 27.3. The molecule has 0 aromatic heterocycles. The van der Waals surface area contributed by atoms with Crippen molar-refractivity contribution < 1.29 is 8.42 Å². The fourth-order valence-corrected chi connectivity index (χ4v) is 4.88. The van der Waals surface area contributed by atoms with Crippen LogP contribution in [0.2, 0.25) is 0 Å². The van der Waals surface area contributed by atoms with E-state index in [2.05, 4.69) is 63.1 Å². The number of hydrogen-bond acceptors (Lipinski definition) is 4. The number of benzene rings is 2. The first-order valence-electron chi connectivity index (χ1n) is 9.95. The van der Waals surface area contributed by atoms with Crippen LogP contribution < -0.4 is 9.62 Å². The van der Waals surface area contributed by atoms with Crippen molar-refractivity contribution in [2.75, 3.05) is 37.8 Å². The van der Waals surface area contributed by atoms with Crippen molar-refractivity contribution in [1.29, 1.82) is 0 Å². The standard InChI is InChI=1S/C22H31N3O2S/c1-4-15-28(26,27)23-16-22(19-9-11-21(12-10-19)24(2)3)25-14-13-18-7-5-6-8-20(18)17-25/h5-12,22-23H,4,13-17H2,1-3H3. The van der Waals surface area contributed by atoms with Gasteiger partial charge in [0.15, 0.2) is 0 Å². The molecule has 0 bridgehead atoms. The molecule has 28 heavy (non-hydrogen) atoms. The number of fused-ring (bicyclic) bond motifs is 1. The lowest BCUT2D eigenvalue weighted by atomic mass is 9.96. The molecule has 1 heterocycles. The smallest absolute Gasteiger partial charge is 0.211 e. The van der Waals surface area contributed by atoms with Crippen molar-refractivity contribution in [3.8, 4) is 0 Å². The zero-order chi connectivity index (χ0) is 20.1. The Bertz CT molecular complexity index is 879. The van der Waals surface area contributed by atoms with Gasteiger partial charge in [-0.05, 0) is 41.7 Å². The lowest BCUT2D eigenvalue weighted by molar-refractivity contribution is 0.180. The van der Waals surface area contributed by atoms with Crippen molar-refractivity contribution in [3.63, 3.8) is 0 Å². The molecule has 6 heteroatoms. The van der Waals surface area contributed by atoms with Crippen LogP contribution >= 0.6 is 0 Å². The molecule has 1 unspecified atom stereocenters. The molecule has 1 aliphatic heterocycles. The second kappa shape index (κ2) is 9.07. The Morgan fingerprint density at radius 2 is 1.75 bits per heavy atom. The van der Waals surface area contributed by atoms with Gasteiger partial charge < -0.3 is 4.90 Å². The SMILES string of the molecule is CCCS(=O)(=O)NCC(c1ccc(N(C)C)cc1)N1CCc2ccccc2C1. The van der Waals surface area contributed by atoms with E-state index in [0.717, 1.165) is 30.8 Å². The molecule has 1 atom stereocenters. The molecule has 0 amide bonds. The van der Waals surface area contributed by atoms with Crippen molar-refractivity contribution in [2.24, 2.45) is 0 Å². The summed E-state index contributed by atoms with van der Waals surface area (Å²) in [6, 6.07) is 17.0. The van der Waals surface area contributed by atoms with Gasteiger partial charge in [-0.3, -0.25) is 4.90 Å². The number of rotatable bonds is 8. The normalized spacial score (nSPS) is 15.8. The minimum Gasteiger partial charge on any atom is -0.378 e. The van der Waals surface area contributed by atoms with Crippen molar-refractivity contribution >= 4 is 15.7 Å². The van der Waals surface area contributed by atoms with E-state index in [1.54, 1.807) is 0 Å². The first-order chi connectivity index (χ1) is 13.4. The third-order valence-corrected chi connectivity index (χ3v) is 6.92. The Morgan fingerprint density at radius 3 is 2.39 bits per heavy atom. The number of hydrogen-bond donors (Lipinski definition) is 1. The lowest BCUT2D eigenvalue weighted by Crippen LogP contribution is -2.41. The van der Waals surface area contributed by atoms with Gasteiger partial charge in [-0.25, -0.2) is 13.1 Å². The van der Waals surface area contributed by atoms with Gasteiger partial charge >= 0.3 is 0 Å². The van der Waals surface area contributed by atoms with Crippen LogP contribution in [0.4, 0.5) is 5.69 Å². The summed E-state index contributed by atoms with van der Waals surface area (Å²) >= 11 is 0. The summed E-state index contributed by atoms with van der Waals surface area (Å²) in [7, 11) is 0.801. The van der Waals surface area contributed by atoms with E-state index in [4.69, 9.17) is 0 Å². The Kier molecular flexibility index (Phi) is 6.75. The van der Waals surface area contributed by atoms with E-state index >= 15 is 0 Å². The average Bonchev–Trinajstić information content (AvgIpc) is 2.68. The maximum Gasteiger partial charge on any atom is 0.211 e. The van der Waals surface area contributed by atoms with E-state index in [0.29, 0.717) is 13.0 Å². The van der Waals surface area contributed by atoms with Gasteiger partial charge in [0.2, 0.25) is 10.0 Å². The zero-order valence-electron chi connectivity index (χ0n) is 17.1. The third kappa shape index (κ3) is 5.13. The number of nitrogens with one attached hydrogen (secondary N) is 1. The fraction of sp³-hybridized carbons (Fsp3) is 0.455. The van der Waals surface area contributed by atoms with Gasteiger partial charge in [-0.1, -0.05) is 43.3 Å². The van der Waals surface area contributed by atoms with Crippen LogP contribution in [0, 0.1) is 0 Å². The van der Waals surface area contributed by atoms with E-state index in [1.165, 1.54) is 11.1 Å². The Morgan fingerprint density at radius 1 is 1.07 bits per heavy atom. The van der Waals surface area contributed by atoms with Crippen LogP contribution in [0.1, 0.15) is 36.1 Å². The zero-order valence-corrected chi connectivity index (χ0v) is 17.9. The van der Waals surface area contributed by atoms with Crippen molar-refractivity contribution in [1.82, 2.24) is 9.62 Å². The molecular formula is C22H31N3O2S. The maximum atomic E-state index is 12.3. The van der Waals surface area contributed by atoms with Gasteiger partial charge in [0.25, 0.3) is 0 Å². The second-order valence-corrected chi connectivity index (χ2v) is 9.58. The molecule has 0 aliphatic carbocycles. The van der Waals surface area contributed by atoms with E-state index < -0.39 is 10.0 Å². The summed E-state index contributed by atoms with van der Waals surface area (Å²) in [6.45, 7) is 4.04. The van der Waals surface area contributed by atoms with Crippen LogP contribution in [0.25, 0.3) is 0 Å². The summed E-state index contributed by atoms with van der Waals surface area (Å²) in [5.74, 6) is 0.169. The monoisotopic (exact) mass is 401 g/mol. The topological polar surface area (TPSA) is 52.7 Å². The summed E-state index contributed by atoms with van der Waals surface area (Å²) in [5.41, 5.74) is 5.01. The molecule has 3 rings (SSSR count). The highest BCUT2D eigenvalue weighted by Gasteiger charge is 2.26. The van der Waals surface area contributed by atoms with Crippen molar-refractivity contribution in [3.05, 3.63) is 65.2 Å². The van der Waals surface area contributed by atoms with Gasteiger partial charge in [0, 0.05) is 45.5 Å². The molecule has 152 valence electrons. The molecule has 2 aromatic rings. The predicted octanol–water partition coefficient (Wildman–Crippen LogP) is 3.18. The van der Waals surface area contributed by atoms with Gasteiger partial charge in [0.1, 0.15) is 0 Å². The van der Waals surface area contributed by atoms with E-state index in [1.807, 2.05) is 21.0 Å². The molecule has 2 aromatic carbocycles. The van der Waals surface area contributed by atoms with Crippen LogP contribution in [0.15, 0.2) is 48.5 Å². The molecule has 0 spiro atoms. The highest BCUT2D eigenvalue weighted by Crippen LogP contribution is 2.29. The minimum atomic E-state index is -3.24. The first kappa shape index (κ1) is 20.8. The largest absolute Gasteiger partial charge is 0.378 e. The Labute approximate surface area is 169 Å². The second-order valence-electron chi connectivity index (χ2n) is 7.66. The Balaban J connectivity index is 1.84. The van der Waals surface area contributed by atoms with E-state index in [-0.39, 0.29) is 11.8 Å². The molecule has 0 saturated heterocycles. The predicted molar refractivity (Wildman–Crippen MR) is 116 cm³/mol. The summed E-state index contributed by atoms with van der Waals surface area (Å²) in [6.07, 6.45) is 1.61. The van der Waals surface area contributed by atoms with Crippen LogP contribution in [0.5, 0.6) is 0 Å². The number of anilines is 1. The van der Waals surface area contributed by atoms with Gasteiger partial charge in [-0.15, -0.1) is 0 Å².